The Balaban J connectivity index is 1.65. The maximum absolute atomic E-state index is 12.5. The van der Waals surface area contributed by atoms with Gasteiger partial charge in [0.15, 0.2) is 0 Å². The molecule has 0 radical (unpaired) electrons. The summed E-state index contributed by atoms with van der Waals surface area (Å²) in [5.41, 5.74) is 2.68. The first-order valence-corrected chi connectivity index (χ1v) is 10.5. The van der Waals surface area contributed by atoms with Gasteiger partial charge in [0.1, 0.15) is 18.2 Å². The van der Waals surface area contributed by atoms with Crippen molar-refractivity contribution in [3.05, 3.63) is 35.7 Å². The first-order valence-electron chi connectivity index (χ1n) is 10.5. The standard InChI is InChI=1S/C22H34N6O2/c1-15(2)28-9-8-27(5)13-18(28)14-30-20-7-6-16(3)10-19(20)25-22(29)26-21-12-23-17(4)11-24-21/h6-7,10-11,15,18,23H,8-9,12-14H2,1-5H3,(H2,24,25,26,29). The van der Waals surface area contributed by atoms with Crippen LogP contribution in [0.3, 0.4) is 0 Å². The van der Waals surface area contributed by atoms with Crippen molar-refractivity contribution in [3.8, 4) is 5.75 Å². The summed E-state index contributed by atoms with van der Waals surface area (Å²) in [5, 5.41) is 8.85. The Bertz CT molecular complexity index is 820. The van der Waals surface area contributed by atoms with Crippen LogP contribution in [0.1, 0.15) is 26.3 Å². The van der Waals surface area contributed by atoms with Gasteiger partial charge in [0.05, 0.1) is 18.3 Å². The molecule has 8 nitrogen and oxygen atoms in total. The molecule has 0 aliphatic carbocycles. The van der Waals surface area contributed by atoms with Crippen LogP contribution in [0.25, 0.3) is 0 Å². The first kappa shape index (κ1) is 22.1. The number of amides is 2. The van der Waals surface area contributed by atoms with Gasteiger partial charge in [-0.15, -0.1) is 0 Å². The quantitative estimate of drug-likeness (QED) is 0.689. The molecule has 1 atom stereocenters. The summed E-state index contributed by atoms with van der Waals surface area (Å²) >= 11 is 0. The molecule has 1 fully saturated rings. The van der Waals surface area contributed by atoms with E-state index < -0.39 is 0 Å². The smallest absolute Gasteiger partial charge is 0.324 e. The van der Waals surface area contributed by atoms with Crippen molar-refractivity contribution in [1.82, 2.24) is 20.4 Å². The minimum atomic E-state index is -0.333. The monoisotopic (exact) mass is 414 g/mol. The number of amidine groups is 1. The van der Waals surface area contributed by atoms with Gasteiger partial charge < -0.3 is 20.3 Å². The maximum Gasteiger partial charge on any atom is 0.324 e. The van der Waals surface area contributed by atoms with Gasteiger partial charge in [-0.1, -0.05) is 6.07 Å². The van der Waals surface area contributed by atoms with Crippen LogP contribution in [-0.4, -0.2) is 73.6 Å². The Labute approximate surface area is 179 Å². The number of piperazine rings is 1. The molecule has 164 valence electrons. The predicted molar refractivity (Wildman–Crippen MR) is 121 cm³/mol. The fraction of sp³-hybridized carbons (Fsp3) is 0.545. The predicted octanol–water partition coefficient (Wildman–Crippen LogP) is 2.38. The van der Waals surface area contributed by atoms with Crippen LogP contribution in [-0.2, 0) is 0 Å². The third kappa shape index (κ3) is 5.96. The molecule has 2 aliphatic rings. The van der Waals surface area contributed by atoms with Gasteiger partial charge in [0, 0.05) is 37.6 Å². The number of urea groups is 1. The maximum atomic E-state index is 12.5. The Kier molecular flexibility index (Phi) is 7.33. The molecule has 1 saturated heterocycles. The highest BCUT2D eigenvalue weighted by Gasteiger charge is 2.28. The molecular formula is C22H34N6O2. The third-order valence-electron chi connectivity index (χ3n) is 5.42. The highest BCUT2D eigenvalue weighted by molar-refractivity contribution is 6.05. The van der Waals surface area contributed by atoms with Crippen LogP contribution in [0.15, 0.2) is 35.1 Å². The molecule has 3 N–H and O–H groups in total. The van der Waals surface area contributed by atoms with Gasteiger partial charge in [-0.05, 0) is 52.4 Å². The second kappa shape index (κ2) is 9.95. The van der Waals surface area contributed by atoms with Crippen molar-refractivity contribution in [1.29, 1.82) is 0 Å². The average Bonchev–Trinajstić information content (AvgIpc) is 2.69. The lowest BCUT2D eigenvalue weighted by Gasteiger charge is -2.42. The average molecular weight is 415 g/mol. The normalized spacial score (nSPS) is 20.3. The van der Waals surface area contributed by atoms with Crippen LogP contribution >= 0.6 is 0 Å². The number of carbonyl (C=O) groups is 1. The summed E-state index contributed by atoms with van der Waals surface area (Å²) in [6, 6.07) is 6.28. The minimum absolute atomic E-state index is 0.310. The van der Waals surface area contributed by atoms with Crippen LogP contribution in [0.2, 0.25) is 0 Å². The number of ether oxygens (including phenoxy) is 1. The van der Waals surface area contributed by atoms with Gasteiger partial charge in [0.2, 0.25) is 0 Å². The summed E-state index contributed by atoms with van der Waals surface area (Å²) in [5.74, 6) is 1.25. The second-order valence-corrected chi connectivity index (χ2v) is 8.38. The van der Waals surface area contributed by atoms with Gasteiger partial charge in [0.25, 0.3) is 0 Å². The molecule has 30 heavy (non-hydrogen) atoms. The zero-order valence-electron chi connectivity index (χ0n) is 18.7. The Morgan fingerprint density at radius 1 is 1.30 bits per heavy atom. The molecule has 1 aromatic carbocycles. The number of carbonyl (C=O) groups excluding carboxylic acids is 1. The van der Waals surface area contributed by atoms with Crippen LogP contribution in [0.5, 0.6) is 5.75 Å². The number of aryl methyl sites for hydroxylation is 1. The molecule has 0 saturated carbocycles. The van der Waals surface area contributed by atoms with E-state index in [9.17, 15) is 4.79 Å². The zero-order chi connectivity index (χ0) is 21.7. The van der Waals surface area contributed by atoms with E-state index in [1.165, 1.54) is 0 Å². The minimum Gasteiger partial charge on any atom is -0.490 e. The van der Waals surface area contributed by atoms with Crippen LogP contribution in [0, 0.1) is 6.92 Å². The molecule has 1 aromatic rings. The van der Waals surface area contributed by atoms with Crippen LogP contribution in [0.4, 0.5) is 10.5 Å². The number of anilines is 1. The number of nitrogens with one attached hydrogen (secondary N) is 3. The number of hydrogen-bond donors (Lipinski definition) is 3. The highest BCUT2D eigenvalue weighted by atomic mass is 16.5. The highest BCUT2D eigenvalue weighted by Crippen LogP contribution is 2.26. The van der Waals surface area contributed by atoms with E-state index in [0.717, 1.165) is 30.9 Å². The topological polar surface area (TPSA) is 81.2 Å². The number of allylic oxidation sites excluding steroid dienone is 1. The molecule has 0 aromatic heterocycles. The lowest BCUT2D eigenvalue weighted by molar-refractivity contribution is 0.0370. The van der Waals surface area contributed by atoms with E-state index in [-0.39, 0.29) is 6.03 Å². The van der Waals surface area contributed by atoms with Crippen molar-refractivity contribution < 1.29 is 9.53 Å². The summed E-state index contributed by atoms with van der Waals surface area (Å²) in [6.45, 7) is 12.5. The molecular weight excluding hydrogens is 380 g/mol. The number of benzene rings is 1. The van der Waals surface area contributed by atoms with Gasteiger partial charge in [-0.2, -0.15) is 0 Å². The zero-order valence-corrected chi connectivity index (χ0v) is 18.7. The third-order valence-corrected chi connectivity index (χ3v) is 5.42. The SMILES string of the molecule is CC1=CN=C(NC(=O)Nc2cc(C)ccc2OCC2CN(C)CCN2C(C)C)CN1. The van der Waals surface area contributed by atoms with Gasteiger partial charge in [-0.25, -0.2) is 9.79 Å². The van der Waals surface area contributed by atoms with E-state index >= 15 is 0 Å². The lowest BCUT2D eigenvalue weighted by atomic mass is 10.1. The number of likely N-dealkylation sites (N-methyl/N-ethyl adjacent to an activating group) is 1. The number of rotatable bonds is 5. The Morgan fingerprint density at radius 2 is 2.10 bits per heavy atom. The van der Waals surface area contributed by atoms with E-state index in [1.54, 1.807) is 6.20 Å². The second-order valence-electron chi connectivity index (χ2n) is 8.38. The molecule has 0 spiro atoms. The van der Waals surface area contributed by atoms with Crippen molar-refractivity contribution in [2.45, 2.75) is 39.8 Å². The number of nitrogens with zero attached hydrogens (tertiary/aromatic N) is 3. The molecule has 2 amide bonds. The fourth-order valence-electron chi connectivity index (χ4n) is 3.76. The van der Waals surface area contributed by atoms with E-state index in [0.29, 0.717) is 42.5 Å². The number of aliphatic imine (C=N–C) groups is 1. The van der Waals surface area contributed by atoms with E-state index in [2.05, 4.69) is 51.6 Å². The van der Waals surface area contributed by atoms with Crippen molar-refractivity contribution in [2.75, 3.05) is 45.2 Å². The summed E-state index contributed by atoms with van der Waals surface area (Å²) in [6.07, 6.45) is 1.70. The Hall–Kier alpha value is -2.58. The molecule has 1 unspecified atom stereocenters. The van der Waals surface area contributed by atoms with Crippen LogP contribution < -0.4 is 20.7 Å². The van der Waals surface area contributed by atoms with Crippen molar-refractivity contribution >= 4 is 17.6 Å². The van der Waals surface area contributed by atoms with Crippen molar-refractivity contribution in [2.24, 2.45) is 4.99 Å². The molecule has 2 aliphatic heterocycles. The number of hydrogen-bond acceptors (Lipinski definition) is 6. The summed E-state index contributed by atoms with van der Waals surface area (Å²) in [7, 11) is 2.15. The first-order chi connectivity index (χ1) is 14.3. The molecule has 3 rings (SSSR count). The van der Waals surface area contributed by atoms with Gasteiger partial charge in [-0.3, -0.25) is 10.2 Å². The molecule has 2 heterocycles. The Morgan fingerprint density at radius 3 is 2.80 bits per heavy atom. The lowest BCUT2D eigenvalue weighted by Crippen LogP contribution is -2.56. The molecule has 0 bridgehead atoms. The van der Waals surface area contributed by atoms with E-state index in [1.807, 2.05) is 32.0 Å². The van der Waals surface area contributed by atoms with E-state index in [4.69, 9.17) is 4.74 Å². The van der Waals surface area contributed by atoms with Gasteiger partial charge >= 0.3 is 6.03 Å². The largest absolute Gasteiger partial charge is 0.490 e. The molecule has 8 heteroatoms. The fourth-order valence-corrected chi connectivity index (χ4v) is 3.76. The summed E-state index contributed by atoms with van der Waals surface area (Å²) in [4.78, 5) is 21.6. The summed E-state index contributed by atoms with van der Waals surface area (Å²) < 4.78 is 6.20. The van der Waals surface area contributed by atoms with Crippen molar-refractivity contribution in [3.63, 3.8) is 0 Å².